The number of hydrogen-bond donors (Lipinski definition) is 2. The van der Waals surface area contributed by atoms with Gasteiger partial charge in [0, 0.05) is 16.2 Å². The highest BCUT2D eigenvalue weighted by atomic mass is 79.9. The molecule has 0 aromatic heterocycles. The maximum Gasteiger partial charge on any atom is 0.335 e. The summed E-state index contributed by atoms with van der Waals surface area (Å²) in [5.41, 5.74) is 3.88. The van der Waals surface area contributed by atoms with Crippen LogP contribution in [0.25, 0.3) is 0 Å². The van der Waals surface area contributed by atoms with Crippen molar-refractivity contribution < 1.29 is 9.90 Å². The number of benzene rings is 2. The van der Waals surface area contributed by atoms with Gasteiger partial charge >= 0.3 is 5.97 Å². The van der Waals surface area contributed by atoms with E-state index in [0.29, 0.717) is 6.04 Å². The molecule has 102 valence electrons. The molecule has 0 saturated carbocycles. The van der Waals surface area contributed by atoms with Crippen LogP contribution in [0, 0.1) is 0 Å². The number of nitrogens with one attached hydrogen (secondary N) is 1. The fraction of sp³-hybridized carbons (Fsp3) is 0.188. The largest absolute Gasteiger partial charge is 0.478 e. The molecule has 3 nitrogen and oxygen atoms in total. The van der Waals surface area contributed by atoms with E-state index >= 15 is 0 Å². The van der Waals surface area contributed by atoms with Gasteiger partial charge in [-0.25, -0.2) is 4.79 Å². The standard InChI is InChI=1S/C16H14BrNO2/c17-13-5-12(16(19)20)8-15(9-13)18-14-6-10-3-1-2-4-11(10)7-14/h1-5,8-9,14,18H,6-7H2,(H,19,20). The van der Waals surface area contributed by atoms with Crippen LogP contribution in [0.3, 0.4) is 0 Å². The minimum absolute atomic E-state index is 0.289. The van der Waals surface area contributed by atoms with E-state index in [9.17, 15) is 4.79 Å². The number of carbonyl (C=O) groups is 1. The Kier molecular flexibility index (Phi) is 3.49. The van der Waals surface area contributed by atoms with E-state index in [-0.39, 0.29) is 5.56 Å². The average Bonchev–Trinajstić information content (AvgIpc) is 2.79. The molecule has 3 rings (SSSR count). The zero-order chi connectivity index (χ0) is 14.1. The van der Waals surface area contributed by atoms with Gasteiger partial charge in [-0.05, 0) is 42.2 Å². The van der Waals surface area contributed by atoms with Gasteiger partial charge < -0.3 is 10.4 Å². The highest BCUT2D eigenvalue weighted by molar-refractivity contribution is 9.10. The molecule has 0 atom stereocenters. The Morgan fingerprint density at radius 1 is 1.15 bits per heavy atom. The van der Waals surface area contributed by atoms with E-state index in [1.54, 1.807) is 12.1 Å². The van der Waals surface area contributed by atoms with Crippen molar-refractivity contribution >= 4 is 27.6 Å². The average molecular weight is 332 g/mol. The van der Waals surface area contributed by atoms with E-state index in [1.165, 1.54) is 11.1 Å². The summed E-state index contributed by atoms with van der Waals surface area (Å²) in [6, 6.07) is 13.9. The van der Waals surface area contributed by atoms with Crippen LogP contribution in [0.1, 0.15) is 21.5 Å². The molecular formula is C16H14BrNO2. The molecule has 0 bridgehead atoms. The van der Waals surface area contributed by atoms with Crippen molar-refractivity contribution in [2.45, 2.75) is 18.9 Å². The quantitative estimate of drug-likeness (QED) is 0.900. The molecule has 0 aliphatic heterocycles. The topological polar surface area (TPSA) is 49.3 Å². The Hall–Kier alpha value is -1.81. The molecule has 4 heteroatoms. The summed E-state index contributed by atoms with van der Waals surface area (Å²) in [6.07, 6.45) is 1.95. The third-order valence-corrected chi connectivity index (χ3v) is 4.02. The number of halogens is 1. The Labute approximate surface area is 125 Å². The Morgan fingerprint density at radius 3 is 2.40 bits per heavy atom. The number of carboxylic acid groups (broad SMARTS) is 1. The molecule has 1 aliphatic carbocycles. The smallest absolute Gasteiger partial charge is 0.335 e. The molecule has 0 radical (unpaired) electrons. The van der Waals surface area contributed by atoms with Gasteiger partial charge in [-0.15, -0.1) is 0 Å². The third-order valence-electron chi connectivity index (χ3n) is 3.57. The van der Waals surface area contributed by atoms with Crippen LogP contribution in [0.15, 0.2) is 46.9 Å². The molecule has 0 heterocycles. The molecule has 0 saturated heterocycles. The van der Waals surface area contributed by atoms with Crippen molar-refractivity contribution in [1.82, 2.24) is 0 Å². The van der Waals surface area contributed by atoms with E-state index in [4.69, 9.17) is 5.11 Å². The Balaban J connectivity index is 1.78. The minimum Gasteiger partial charge on any atom is -0.478 e. The Bertz CT molecular complexity index is 644. The van der Waals surface area contributed by atoms with Crippen LogP contribution in [0.5, 0.6) is 0 Å². The van der Waals surface area contributed by atoms with Crippen molar-refractivity contribution in [3.63, 3.8) is 0 Å². The molecule has 2 aromatic rings. The lowest BCUT2D eigenvalue weighted by Crippen LogP contribution is -2.19. The van der Waals surface area contributed by atoms with Crippen molar-refractivity contribution in [1.29, 1.82) is 0 Å². The summed E-state index contributed by atoms with van der Waals surface area (Å²) >= 11 is 3.36. The molecule has 0 fully saturated rings. The second-order valence-corrected chi connectivity index (χ2v) is 5.97. The SMILES string of the molecule is O=C(O)c1cc(Br)cc(NC2Cc3ccccc3C2)c1. The van der Waals surface area contributed by atoms with Gasteiger partial charge in [-0.1, -0.05) is 40.2 Å². The number of carboxylic acids is 1. The number of rotatable bonds is 3. The lowest BCUT2D eigenvalue weighted by Gasteiger charge is -2.14. The van der Waals surface area contributed by atoms with E-state index in [2.05, 4.69) is 45.5 Å². The summed E-state index contributed by atoms with van der Waals surface area (Å²) in [6.45, 7) is 0. The molecule has 20 heavy (non-hydrogen) atoms. The van der Waals surface area contributed by atoms with Crippen LogP contribution >= 0.6 is 15.9 Å². The van der Waals surface area contributed by atoms with Gasteiger partial charge in [0.2, 0.25) is 0 Å². The summed E-state index contributed by atoms with van der Waals surface area (Å²) in [7, 11) is 0. The summed E-state index contributed by atoms with van der Waals surface area (Å²) in [5.74, 6) is -0.913. The highest BCUT2D eigenvalue weighted by Crippen LogP contribution is 2.26. The van der Waals surface area contributed by atoms with Crippen molar-refractivity contribution in [3.8, 4) is 0 Å². The first-order chi connectivity index (χ1) is 9.61. The normalized spacial score (nSPS) is 14.1. The summed E-state index contributed by atoms with van der Waals surface area (Å²) < 4.78 is 0.774. The van der Waals surface area contributed by atoms with Gasteiger partial charge in [0.1, 0.15) is 0 Å². The van der Waals surface area contributed by atoms with Gasteiger partial charge in [-0.2, -0.15) is 0 Å². The summed E-state index contributed by atoms with van der Waals surface area (Å²) in [5, 5.41) is 12.5. The van der Waals surface area contributed by atoms with Crippen LogP contribution < -0.4 is 5.32 Å². The maximum atomic E-state index is 11.1. The number of fused-ring (bicyclic) bond motifs is 1. The number of anilines is 1. The fourth-order valence-corrected chi connectivity index (χ4v) is 3.19. The lowest BCUT2D eigenvalue weighted by atomic mass is 10.1. The van der Waals surface area contributed by atoms with E-state index in [0.717, 1.165) is 23.0 Å². The minimum atomic E-state index is -0.913. The molecule has 2 N–H and O–H groups in total. The van der Waals surface area contributed by atoms with E-state index in [1.807, 2.05) is 6.07 Å². The third kappa shape index (κ3) is 2.70. The van der Waals surface area contributed by atoms with Crippen LogP contribution in [0.4, 0.5) is 5.69 Å². The van der Waals surface area contributed by atoms with Gasteiger partial charge in [0.05, 0.1) is 5.56 Å². The number of aromatic carboxylic acids is 1. The molecule has 2 aromatic carbocycles. The van der Waals surface area contributed by atoms with Gasteiger partial charge in [-0.3, -0.25) is 0 Å². The second-order valence-electron chi connectivity index (χ2n) is 5.05. The zero-order valence-corrected chi connectivity index (χ0v) is 12.4. The van der Waals surface area contributed by atoms with Crippen LogP contribution in [0.2, 0.25) is 0 Å². The fourth-order valence-electron chi connectivity index (χ4n) is 2.69. The molecule has 0 amide bonds. The van der Waals surface area contributed by atoms with Gasteiger partial charge in [0.25, 0.3) is 0 Å². The van der Waals surface area contributed by atoms with Crippen molar-refractivity contribution in [2.24, 2.45) is 0 Å². The lowest BCUT2D eigenvalue weighted by molar-refractivity contribution is 0.0697. The van der Waals surface area contributed by atoms with E-state index < -0.39 is 5.97 Å². The van der Waals surface area contributed by atoms with Crippen molar-refractivity contribution in [3.05, 3.63) is 63.6 Å². The first-order valence-electron chi connectivity index (χ1n) is 6.49. The first kappa shape index (κ1) is 13.2. The van der Waals surface area contributed by atoms with Gasteiger partial charge in [0.15, 0.2) is 0 Å². The molecule has 0 spiro atoms. The number of hydrogen-bond acceptors (Lipinski definition) is 2. The summed E-state index contributed by atoms with van der Waals surface area (Å²) in [4.78, 5) is 11.1. The first-order valence-corrected chi connectivity index (χ1v) is 7.28. The molecule has 0 unspecified atom stereocenters. The maximum absolute atomic E-state index is 11.1. The van der Waals surface area contributed by atoms with Crippen molar-refractivity contribution in [2.75, 3.05) is 5.32 Å². The highest BCUT2D eigenvalue weighted by Gasteiger charge is 2.21. The van der Waals surface area contributed by atoms with Crippen LogP contribution in [-0.4, -0.2) is 17.1 Å². The zero-order valence-electron chi connectivity index (χ0n) is 10.8. The second kappa shape index (κ2) is 5.29. The predicted molar refractivity (Wildman–Crippen MR) is 82.4 cm³/mol. The predicted octanol–water partition coefficient (Wildman–Crippen LogP) is 3.73. The molecular weight excluding hydrogens is 318 g/mol. The Morgan fingerprint density at radius 2 is 1.80 bits per heavy atom. The monoisotopic (exact) mass is 331 g/mol. The van der Waals surface area contributed by atoms with Crippen LogP contribution in [-0.2, 0) is 12.8 Å². The molecule has 1 aliphatic rings.